The summed E-state index contributed by atoms with van der Waals surface area (Å²) in [6.07, 6.45) is 5.73. The zero-order valence-corrected chi connectivity index (χ0v) is 19.0. The molecule has 2 heterocycles. The van der Waals surface area contributed by atoms with E-state index in [1.165, 1.54) is 19.3 Å². The van der Waals surface area contributed by atoms with Crippen LogP contribution in [0.1, 0.15) is 58.1 Å². The molecule has 2 saturated heterocycles. The van der Waals surface area contributed by atoms with Gasteiger partial charge in [-0.1, -0.05) is 27.7 Å². The number of nitrogens with one attached hydrogen (secondary N) is 1. The maximum absolute atomic E-state index is 6.08. The molecule has 160 valence electrons. The van der Waals surface area contributed by atoms with E-state index in [1.54, 1.807) is 13.3 Å². The molecule has 0 aliphatic carbocycles. The van der Waals surface area contributed by atoms with E-state index < -0.39 is 0 Å². The van der Waals surface area contributed by atoms with Gasteiger partial charge in [-0.05, 0) is 49.3 Å². The van der Waals surface area contributed by atoms with E-state index in [1.807, 2.05) is 27.0 Å². The SMILES string of the molecule is C1CCOCC1.CC.CN/C=C(\N)c1cc(OC)c(N2CC(C)(C)C2)cc1C. The van der Waals surface area contributed by atoms with Gasteiger partial charge in [-0.2, -0.15) is 0 Å². The Balaban J connectivity index is 0.000000411. The fraction of sp³-hybridized carbons (Fsp3) is 0.652. The molecule has 3 N–H and O–H groups in total. The lowest BCUT2D eigenvalue weighted by Crippen LogP contribution is -2.53. The summed E-state index contributed by atoms with van der Waals surface area (Å²) in [6.45, 7) is 14.8. The lowest BCUT2D eigenvalue weighted by atomic mass is 9.83. The Bertz CT molecular complexity index is 603. The predicted octanol–water partition coefficient (Wildman–Crippen LogP) is 4.54. The van der Waals surface area contributed by atoms with Gasteiger partial charge in [-0.25, -0.2) is 0 Å². The molecule has 0 atom stereocenters. The second-order valence-electron chi connectivity index (χ2n) is 7.92. The van der Waals surface area contributed by atoms with Crippen LogP contribution < -0.4 is 20.7 Å². The van der Waals surface area contributed by atoms with Gasteiger partial charge < -0.3 is 25.4 Å². The number of hydrogen-bond donors (Lipinski definition) is 2. The molecular weight excluding hydrogens is 350 g/mol. The second kappa shape index (κ2) is 11.8. The van der Waals surface area contributed by atoms with Gasteiger partial charge in [0.1, 0.15) is 5.75 Å². The highest BCUT2D eigenvalue weighted by Gasteiger charge is 2.35. The molecule has 2 fully saturated rings. The molecule has 5 heteroatoms. The Morgan fingerprint density at radius 2 is 1.79 bits per heavy atom. The first-order chi connectivity index (χ1) is 13.4. The van der Waals surface area contributed by atoms with Crippen molar-refractivity contribution in [3.63, 3.8) is 0 Å². The fourth-order valence-corrected chi connectivity index (χ4v) is 3.47. The summed E-state index contributed by atoms with van der Waals surface area (Å²) in [5.74, 6) is 0.883. The van der Waals surface area contributed by atoms with Crippen LogP contribution in [0.15, 0.2) is 18.3 Å². The maximum atomic E-state index is 6.08. The van der Waals surface area contributed by atoms with Gasteiger partial charge in [-0.3, -0.25) is 0 Å². The monoisotopic (exact) mass is 391 g/mol. The van der Waals surface area contributed by atoms with E-state index in [0.717, 1.165) is 54.6 Å². The Kier molecular flexibility index (Phi) is 10.2. The minimum atomic E-state index is 0.392. The first kappa shape index (κ1) is 24.2. The molecule has 0 saturated carbocycles. The first-order valence-corrected chi connectivity index (χ1v) is 10.5. The minimum absolute atomic E-state index is 0.392. The van der Waals surface area contributed by atoms with Gasteiger partial charge >= 0.3 is 0 Å². The standard InChI is InChI=1S/C16H25N3O.C5H10O.C2H6/c1-11-6-14(19-9-16(2,3)10-19)15(20-5)7-12(11)13(17)8-18-4;1-2-4-6-5-3-1;1-2/h6-8,18H,9-10,17H2,1-5H3;1-5H2;1-2H3/b13-8-;;. The number of nitrogens with two attached hydrogens (primary N) is 1. The van der Waals surface area contributed by atoms with Crippen LogP contribution in [0, 0.1) is 12.3 Å². The van der Waals surface area contributed by atoms with E-state index in [9.17, 15) is 0 Å². The first-order valence-electron chi connectivity index (χ1n) is 10.5. The number of benzene rings is 1. The van der Waals surface area contributed by atoms with Gasteiger partial charge in [0.15, 0.2) is 0 Å². The number of aryl methyl sites for hydroxylation is 1. The van der Waals surface area contributed by atoms with Crippen LogP contribution in [-0.2, 0) is 4.74 Å². The predicted molar refractivity (Wildman–Crippen MR) is 121 cm³/mol. The zero-order chi connectivity index (χ0) is 21.2. The molecule has 28 heavy (non-hydrogen) atoms. The van der Waals surface area contributed by atoms with Crippen molar-refractivity contribution in [1.29, 1.82) is 0 Å². The molecule has 0 spiro atoms. The average molecular weight is 392 g/mol. The third kappa shape index (κ3) is 6.93. The van der Waals surface area contributed by atoms with Gasteiger partial charge in [0.25, 0.3) is 0 Å². The molecule has 0 aromatic heterocycles. The van der Waals surface area contributed by atoms with Crippen molar-refractivity contribution in [3.05, 3.63) is 29.5 Å². The lowest BCUT2D eigenvalue weighted by Gasteiger charge is -2.47. The molecule has 0 amide bonds. The van der Waals surface area contributed by atoms with E-state index in [0.29, 0.717) is 5.41 Å². The van der Waals surface area contributed by atoms with Crippen molar-refractivity contribution in [3.8, 4) is 5.75 Å². The number of methoxy groups -OCH3 is 1. The van der Waals surface area contributed by atoms with Crippen LogP contribution in [0.25, 0.3) is 5.70 Å². The maximum Gasteiger partial charge on any atom is 0.142 e. The van der Waals surface area contributed by atoms with Crippen LogP contribution in [-0.4, -0.2) is 40.5 Å². The van der Waals surface area contributed by atoms with Crippen LogP contribution in [0.3, 0.4) is 0 Å². The van der Waals surface area contributed by atoms with Crippen LogP contribution in [0.4, 0.5) is 5.69 Å². The Morgan fingerprint density at radius 1 is 1.18 bits per heavy atom. The summed E-state index contributed by atoms with van der Waals surface area (Å²) in [4.78, 5) is 2.35. The van der Waals surface area contributed by atoms with Gasteiger partial charge in [0, 0.05) is 45.1 Å². The highest BCUT2D eigenvalue weighted by atomic mass is 16.5. The average Bonchev–Trinajstić information content (AvgIpc) is 2.69. The summed E-state index contributed by atoms with van der Waals surface area (Å²) in [6, 6.07) is 4.19. The number of nitrogens with zero attached hydrogens (tertiary/aromatic N) is 1. The normalized spacial score (nSPS) is 18.0. The van der Waals surface area contributed by atoms with E-state index in [4.69, 9.17) is 15.2 Å². The Morgan fingerprint density at radius 3 is 2.18 bits per heavy atom. The molecule has 0 radical (unpaired) electrons. The van der Waals surface area contributed by atoms with Crippen molar-refractivity contribution in [2.75, 3.05) is 45.4 Å². The Labute approximate surface area is 172 Å². The third-order valence-electron chi connectivity index (χ3n) is 4.79. The number of ether oxygens (including phenoxy) is 2. The van der Waals surface area contributed by atoms with Crippen molar-refractivity contribution < 1.29 is 9.47 Å². The molecule has 5 nitrogen and oxygen atoms in total. The number of anilines is 1. The van der Waals surface area contributed by atoms with Crippen LogP contribution >= 0.6 is 0 Å². The van der Waals surface area contributed by atoms with Crippen molar-refractivity contribution in [1.82, 2.24) is 5.32 Å². The molecular formula is C23H41N3O2. The van der Waals surface area contributed by atoms with Gasteiger partial charge in [0.05, 0.1) is 18.5 Å². The molecule has 2 aliphatic rings. The summed E-state index contributed by atoms with van der Waals surface area (Å²) < 4.78 is 10.6. The summed E-state index contributed by atoms with van der Waals surface area (Å²) in [5, 5.41) is 2.96. The second-order valence-corrected chi connectivity index (χ2v) is 7.92. The highest BCUT2D eigenvalue weighted by Crippen LogP contribution is 2.40. The quantitative estimate of drug-likeness (QED) is 0.789. The Hall–Kier alpha value is -1.88. The fourth-order valence-electron chi connectivity index (χ4n) is 3.47. The summed E-state index contributed by atoms with van der Waals surface area (Å²) >= 11 is 0. The van der Waals surface area contributed by atoms with Gasteiger partial charge in [-0.15, -0.1) is 0 Å². The smallest absolute Gasteiger partial charge is 0.142 e. The van der Waals surface area contributed by atoms with Gasteiger partial charge in [0.2, 0.25) is 0 Å². The molecule has 2 aliphatic heterocycles. The lowest BCUT2D eigenvalue weighted by molar-refractivity contribution is 0.0968. The highest BCUT2D eigenvalue weighted by molar-refractivity contribution is 5.73. The van der Waals surface area contributed by atoms with E-state index in [-0.39, 0.29) is 0 Å². The van der Waals surface area contributed by atoms with Crippen LogP contribution in [0.5, 0.6) is 5.75 Å². The largest absolute Gasteiger partial charge is 0.495 e. The molecule has 1 aromatic carbocycles. The van der Waals surface area contributed by atoms with Crippen molar-refractivity contribution in [2.45, 2.75) is 53.9 Å². The number of hydrogen-bond acceptors (Lipinski definition) is 5. The molecule has 1 aromatic rings. The topological polar surface area (TPSA) is 59.8 Å². The zero-order valence-electron chi connectivity index (χ0n) is 19.0. The van der Waals surface area contributed by atoms with E-state index in [2.05, 4.69) is 37.1 Å². The minimum Gasteiger partial charge on any atom is -0.495 e. The number of rotatable bonds is 4. The summed E-state index contributed by atoms with van der Waals surface area (Å²) in [7, 11) is 3.55. The molecule has 3 rings (SSSR count). The van der Waals surface area contributed by atoms with E-state index >= 15 is 0 Å². The third-order valence-corrected chi connectivity index (χ3v) is 4.79. The molecule has 0 unspecified atom stereocenters. The van der Waals surface area contributed by atoms with Crippen LogP contribution in [0.2, 0.25) is 0 Å². The molecule has 0 bridgehead atoms. The summed E-state index contributed by atoms with van der Waals surface area (Å²) in [5.41, 5.74) is 10.5. The van der Waals surface area contributed by atoms with Crippen molar-refractivity contribution >= 4 is 11.4 Å². The van der Waals surface area contributed by atoms with Crippen molar-refractivity contribution in [2.24, 2.45) is 11.1 Å².